The maximum absolute atomic E-state index is 11.8. The Balaban J connectivity index is 2.52. The molecule has 3 nitrogen and oxygen atoms in total. The van der Waals surface area contributed by atoms with Crippen LogP contribution in [0.3, 0.4) is 0 Å². The summed E-state index contributed by atoms with van der Waals surface area (Å²) in [5.41, 5.74) is 0. The molecular formula is C13H19NO2S. The number of hydrogen-bond donors (Lipinski definition) is 0. The van der Waals surface area contributed by atoms with Crippen LogP contribution in [-0.2, 0) is 4.79 Å². The van der Waals surface area contributed by atoms with Crippen molar-refractivity contribution in [3.63, 3.8) is 0 Å². The molecule has 0 saturated heterocycles. The monoisotopic (exact) mass is 253 g/mol. The van der Waals surface area contributed by atoms with E-state index in [4.69, 9.17) is 4.74 Å². The predicted octanol–water partition coefficient (Wildman–Crippen LogP) is 2.66. The van der Waals surface area contributed by atoms with E-state index in [0.29, 0.717) is 5.75 Å². The van der Waals surface area contributed by atoms with Crippen molar-refractivity contribution in [2.24, 2.45) is 0 Å². The fourth-order valence-corrected chi connectivity index (χ4v) is 2.35. The second kappa shape index (κ2) is 7.22. The van der Waals surface area contributed by atoms with Crippen molar-refractivity contribution < 1.29 is 9.53 Å². The molecule has 4 heteroatoms. The summed E-state index contributed by atoms with van der Waals surface area (Å²) in [4.78, 5) is 14.7. The number of nitrogens with zero attached hydrogens (tertiary/aromatic N) is 1. The third-order valence-electron chi connectivity index (χ3n) is 2.52. The first-order valence-electron chi connectivity index (χ1n) is 5.75. The normalized spacial score (nSPS) is 10.1. The van der Waals surface area contributed by atoms with Crippen molar-refractivity contribution >= 4 is 17.7 Å². The summed E-state index contributed by atoms with van der Waals surface area (Å²) in [5.74, 6) is 1.49. The average molecular weight is 253 g/mol. The molecule has 1 rings (SSSR count). The standard InChI is InChI=1S/C13H19NO2S/c1-4-14(5-2)13(15)10-17-12-8-6-7-11(9-12)16-3/h6-9H,4-5,10H2,1-3H3. The van der Waals surface area contributed by atoms with Gasteiger partial charge in [0.05, 0.1) is 12.9 Å². The van der Waals surface area contributed by atoms with E-state index in [1.165, 1.54) is 0 Å². The van der Waals surface area contributed by atoms with Crippen LogP contribution in [0.5, 0.6) is 5.75 Å². The summed E-state index contributed by atoms with van der Waals surface area (Å²) >= 11 is 1.55. The lowest BCUT2D eigenvalue weighted by molar-refractivity contribution is -0.127. The van der Waals surface area contributed by atoms with Crippen LogP contribution in [0, 0.1) is 0 Å². The van der Waals surface area contributed by atoms with Crippen LogP contribution in [0.25, 0.3) is 0 Å². The number of amides is 1. The number of rotatable bonds is 6. The van der Waals surface area contributed by atoms with Crippen molar-refractivity contribution in [3.05, 3.63) is 24.3 Å². The van der Waals surface area contributed by atoms with Crippen molar-refractivity contribution in [2.75, 3.05) is 26.0 Å². The minimum absolute atomic E-state index is 0.183. The van der Waals surface area contributed by atoms with E-state index in [0.717, 1.165) is 23.7 Å². The molecule has 1 aromatic rings. The van der Waals surface area contributed by atoms with E-state index in [1.54, 1.807) is 18.9 Å². The average Bonchev–Trinajstić information content (AvgIpc) is 2.38. The second-order valence-electron chi connectivity index (χ2n) is 3.53. The molecule has 17 heavy (non-hydrogen) atoms. The Morgan fingerprint density at radius 2 is 2.06 bits per heavy atom. The molecule has 0 unspecified atom stereocenters. The van der Waals surface area contributed by atoms with E-state index in [-0.39, 0.29) is 5.91 Å². The first kappa shape index (κ1) is 13.9. The van der Waals surface area contributed by atoms with Gasteiger partial charge in [-0.1, -0.05) is 6.07 Å². The number of hydrogen-bond acceptors (Lipinski definition) is 3. The summed E-state index contributed by atoms with van der Waals surface area (Å²) in [7, 11) is 1.64. The Morgan fingerprint density at radius 3 is 2.65 bits per heavy atom. The molecule has 0 bridgehead atoms. The van der Waals surface area contributed by atoms with Crippen LogP contribution < -0.4 is 4.74 Å². The maximum atomic E-state index is 11.8. The highest BCUT2D eigenvalue weighted by Crippen LogP contribution is 2.22. The fourth-order valence-electron chi connectivity index (χ4n) is 1.50. The number of benzene rings is 1. The Kier molecular flexibility index (Phi) is 5.91. The first-order chi connectivity index (χ1) is 8.21. The topological polar surface area (TPSA) is 29.5 Å². The van der Waals surface area contributed by atoms with Gasteiger partial charge in [0.2, 0.25) is 5.91 Å². The van der Waals surface area contributed by atoms with Gasteiger partial charge < -0.3 is 9.64 Å². The number of carbonyl (C=O) groups is 1. The zero-order chi connectivity index (χ0) is 12.7. The van der Waals surface area contributed by atoms with Gasteiger partial charge in [-0.2, -0.15) is 0 Å². The third-order valence-corrected chi connectivity index (χ3v) is 3.50. The van der Waals surface area contributed by atoms with E-state index in [2.05, 4.69) is 0 Å². The number of thioether (sulfide) groups is 1. The molecule has 1 amide bonds. The lowest BCUT2D eigenvalue weighted by Gasteiger charge is -2.18. The maximum Gasteiger partial charge on any atom is 0.232 e. The molecule has 0 N–H and O–H groups in total. The van der Waals surface area contributed by atoms with E-state index in [1.807, 2.05) is 43.0 Å². The lowest BCUT2D eigenvalue weighted by Crippen LogP contribution is -2.31. The third kappa shape index (κ3) is 4.30. The van der Waals surface area contributed by atoms with Crippen molar-refractivity contribution in [3.8, 4) is 5.75 Å². The molecule has 0 heterocycles. The molecule has 0 spiro atoms. The Hall–Kier alpha value is -1.16. The minimum Gasteiger partial charge on any atom is -0.497 e. The zero-order valence-corrected chi connectivity index (χ0v) is 11.4. The summed E-state index contributed by atoms with van der Waals surface area (Å²) in [6, 6.07) is 7.77. The molecule has 0 radical (unpaired) electrons. The van der Waals surface area contributed by atoms with Gasteiger partial charge in [-0.15, -0.1) is 11.8 Å². The number of carbonyl (C=O) groups excluding carboxylic acids is 1. The summed E-state index contributed by atoms with van der Waals surface area (Å²) in [6.45, 7) is 5.54. The number of methoxy groups -OCH3 is 1. The summed E-state index contributed by atoms with van der Waals surface area (Å²) in [6.07, 6.45) is 0. The van der Waals surface area contributed by atoms with Gasteiger partial charge in [0.15, 0.2) is 0 Å². The molecule has 0 saturated carbocycles. The SMILES string of the molecule is CCN(CC)C(=O)CSc1cccc(OC)c1. The molecule has 94 valence electrons. The van der Waals surface area contributed by atoms with Crippen molar-refractivity contribution in [2.45, 2.75) is 18.7 Å². The Bertz CT molecular complexity index is 364. The quantitative estimate of drug-likeness (QED) is 0.730. The van der Waals surface area contributed by atoms with Crippen LogP contribution in [0.4, 0.5) is 0 Å². The van der Waals surface area contributed by atoms with Gasteiger partial charge >= 0.3 is 0 Å². The van der Waals surface area contributed by atoms with E-state index < -0.39 is 0 Å². The lowest BCUT2D eigenvalue weighted by atomic mass is 10.3. The largest absolute Gasteiger partial charge is 0.497 e. The highest BCUT2D eigenvalue weighted by atomic mass is 32.2. The van der Waals surface area contributed by atoms with Gasteiger partial charge in [-0.25, -0.2) is 0 Å². The smallest absolute Gasteiger partial charge is 0.232 e. The van der Waals surface area contributed by atoms with E-state index in [9.17, 15) is 4.79 Å². The molecule has 0 atom stereocenters. The molecule has 0 aliphatic carbocycles. The zero-order valence-electron chi connectivity index (χ0n) is 10.6. The summed E-state index contributed by atoms with van der Waals surface area (Å²) < 4.78 is 5.14. The molecule has 0 fully saturated rings. The second-order valence-corrected chi connectivity index (χ2v) is 4.58. The van der Waals surface area contributed by atoms with Crippen molar-refractivity contribution in [1.29, 1.82) is 0 Å². The highest BCUT2D eigenvalue weighted by molar-refractivity contribution is 8.00. The molecular weight excluding hydrogens is 234 g/mol. The minimum atomic E-state index is 0.183. The summed E-state index contributed by atoms with van der Waals surface area (Å²) in [5, 5.41) is 0. The van der Waals surface area contributed by atoms with Gasteiger partial charge in [0.1, 0.15) is 5.75 Å². The molecule has 0 aliphatic rings. The fraction of sp³-hybridized carbons (Fsp3) is 0.462. The van der Waals surface area contributed by atoms with Crippen LogP contribution in [0.15, 0.2) is 29.2 Å². The van der Waals surface area contributed by atoms with Gasteiger partial charge in [-0.05, 0) is 32.0 Å². The van der Waals surface area contributed by atoms with E-state index >= 15 is 0 Å². The Morgan fingerprint density at radius 1 is 1.35 bits per heavy atom. The van der Waals surface area contributed by atoms with Crippen LogP contribution in [0.2, 0.25) is 0 Å². The molecule has 0 aromatic heterocycles. The predicted molar refractivity (Wildman–Crippen MR) is 71.6 cm³/mol. The van der Waals surface area contributed by atoms with Crippen LogP contribution >= 0.6 is 11.8 Å². The van der Waals surface area contributed by atoms with Crippen LogP contribution in [-0.4, -0.2) is 36.8 Å². The Labute approximate surface area is 107 Å². The molecule has 1 aromatic carbocycles. The van der Waals surface area contributed by atoms with Gasteiger partial charge in [0.25, 0.3) is 0 Å². The molecule has 0 aliphatic heterocycles. The van der Waals surface area contributed by atoms with Gasteiger partial charge in [-0.3, -0.25) is 4.79 Å². The first-order valence-corrected chi connectivity index (χ1v) is 6.74. The highest BCUT2D eigenvalue weighted by Gasteiger charge is 2.09. The van der Waals surface area contributed by atoms with Gasteiger partial charge in [0, 0.05) is 18.0 Å². The number of ether oxygens (including phenoxy) is 1. The van der Waals surface area contributed by atoms with Crippen LogP contribution in [0.1, 0.15) is 13.8 Å². The van der Waals surface area contributed by atoms with Crippen molar-refractivity contribution in [1.82, 2.24) is 4.90 Å².